The molecule has 1 aromatic carbocycles. The zero-order chi connectivity index (χ0) is 12.0. The summed E-state index contributed by atoms with van der Waals surface area (Å²) in [5.41, 5.74) is -0.0281. The molecule has 0 aromatic heterocycles. The number of hydrogen-bond acceptors (Lipinski definition) is 1. The fourth-order valence-electron chi connectivity index (χ4n) is 1.48. The van der Waals surface area contributed by atoms with Crippen LogP contribution in [0.2, 0.25) is 0 Å². The lowest BCUT2D eigenvalue weighted by Gasteiger charge is -2.08. The molecule has 1 nitrogen and oxygen atoms in total. The van der Waals surface area contributed by atoms with E-state index in [1.165, 1.54) is 12.1 Å². The third-order valence-electron chi connectivity index (χ3n) is 2.34. The van der Waals surface area contributed by atoms with Gasteiger partial charge >= 0.3 is 0 Å². The molecule has 0 radical (unpaired) electrons. The number of halogens is 3. The quantitative estimate of drug-likeness (QED) is 0.748. The van der Waals surface area contributed by atoms with Crippen LogP contribution in [0.5, 0.6) is 0 Å². The maximum atomic E-state index is 13.4. The maximum absolute atomic E-state index is 13.4. The summed E-state index contributed by atoms with van der Waals surface area (Å²) < 4.78 is 27.1. The van der Waals surface area contributed by atoms with Crippen molar-refractivity contribution in [2.24, 2.45) is 0 Å². The van der Waals surface area contributed by atoms with E-state index in [1.807, 2.05) is 0 Å². The van der Waals surface area contributed by atoms with Gasteiger partial charge in [-0.2, -0.15) is 0 Å². The monoisotopic (exact) mass is 291 g/mol. The second kappa shape index (κ2) is 6.84. The van der Waals surface area contributed by atoms with Gasteiger partial charge in [0.05, 0.1) is 0 Å². The maximum Gasteiger partial charge on any atom is 0.150 e. The second-order valence-electron chi connectivity index (χ2n) is 3.73. The fraction of sp³-hybridized carbons (Fsp3) is 0.500. The number of unbranched alkanes of at least 4 members (excludes halogenated alkanes) is 3. The molecule has 1 aromatic rings. The van der Waals surface area contributed by atoms with Crippen LogP contribution in [0.1, 0.15) is 32.6 Å². The summed E-state index contributed by atoms with van der Waals surface area (Å²) >= 11 is 3.04. The van der Waals surface area contributed by atoms with E-state index < -0.39 is 11.6 Å². The molecule has 0 fully saturated rings. The number of rotatable bonds is 6. The van der Waals surface area contributed by atoms with Gasteiger partial charge in [-0.1, -0.05) is 42.1 Å². The average Bonchev–Trinajstić information content (AvgIpc) is 2.20. The Balaban J connectivity index is 2.47. The van der Waals surface area contributed by atoms with E-state index in [0.717, 1.165) is 25.7 Å². The van der Waals surface area contributed by atoms with E-state index in [9.17, 15) is 8.78 Å². The van der Waals surface area contributed by atoms with Gasteiger partial charge in [0.2, 0.25) is 0 Å². The molecule has 90 valence electrons. The van der Waals surface area contributed by atoms with Gasteiger partial charge in [-0.3, -0.25) is 0 Å². The SMILES string of the molecule is CCCCCCNc1c(F)cc(Br)cc1F. The van der Waals surface area contributed by atoms with Crippen LogP contribution in [0, 0.1) is 11.6 Å². The number of benzene rings is 1. The lowest BCUT2D eigenvalue weighted by atomic mass is 10.2. The Kier molecular flexibility index (Phi) is 5.74. The van der Waals surface area contributed by atoms with Gasteiger partial charge in [-0.25, -0.2) is 8.78 Å². The molecular formula is C12H16BrF2N. The number of hydrogen-bond donors (Lipinski definition) is 1. The summed E-state index contributed by atoms with van der Waals surface area (Å²) in [4.78, 5) is 0. The Bertz CT molecular complexity index is 319. The van der Waals surface area contributed by atoms with Gasteiger partial charge in [0.1, 0.15) is 17.3 Å². The van der Waals surface area contributed by atoms with Crippen molar-refractivity contribution in [3.05, 3.63) is 28.2 Å². The van der Waals surface area contributed by atoms with Crippen LogP contribution in [0.25, 0.3) is 0 Å². The summed E-state index contributed by atoms with van der Waals surface area (Å²) in [7, 11) is 0. The first-order chi connectivity index (χ1) is 7.65. The van der Waals surface area contributed by atoms with Gasteiger partial charge in [0, 0.05) is 11.0 Å². The van der Waals surface area contributed by atoms with Crippen LogP contribution in [0.15, 0.2) is 16.6 Å². The van der Waals surface area contributed by atoms with E-state index >= 15 is 0 Å². The minimum absolute atomic E-state index is 0.0281. The molecule has 0 aliphatic carbocycles. The summed E-state index contributed by atoms with van der Waals surface area (Å²) in [5.74, 6) is -1.11. The Morgan fingerprint density at radius 1 is 1.12 bits per heavy atom. The predicted octanol–water partition coefficient (Wildman–Crippen LogP) is 4.72. The second-order valence-corrected chi connectivity index (χ2v) is 4.65. The third kappa shape index (κ3) is 4.08. The molecule has 1 N–H and O–H groups in total. The van der Waals surface area contributed by atoms with Gasteiger partial charge in [0.25, 0.3) is 0 Å². The highest BCUT2D eigenvalue weighted by Crippen LogP contribution is 2.23. The molecule has 0 bridgehead atoms. The summed E-state index contributed by atoms with van der Waals surface area (Å²) in [6.45, 7) is 2.73. The summed E-state index contributed by atoms with van der Waals surface area (Å²) in [5, 5.41) is 2.80. The van der Waals surface area contributed by atoms with E-state index in [-0.39, 0.29) is 5.69 Å². The van der Waals surface area contributed by atoms with Crippen LogP contribution >= 0.6 is 15.9 Å². The van der Waals surface area contributed by atoms with Crippen molar-refractivity contribution in [3.8, 4) is 0 Å². The Hall–Kier alpha value is -0.640. The van der Waals surface area contributed by atoms with Crippen molar-refractivity contribution in [2.45, 2.75) is 32.6 Å². The van der Waals surface area contributed by atoms with Gasteiger partial charge < -0.3 is 5.32 Å². The first-order valence-corrected chi connectivity index (χ1v) is 6.33. The minimum Gasteiger partial charge on any atom is -0.380 e. The zero-order valence-electron chi connectivity index (χ0n) is 9.32. The van der Waals surface area contributed by atoms with Crippen molar-refractivity contribution in [1.82, 2.24) is 0 Å². The van der Waals surface area contributed by atoms with Gasteiger partial charge in [-0.15, -0.1) is 0 Å². The third-order valence-corrected chi connectivity index (χ3v) is 2.80. The van der Waals surface area contributed by atoms with Crippen molar-refractivity contribution in [3.63, 3.8) is 0 Å². The van der Waals surface area contributed by atoms with Crippen LogP contribution in [0.3, 0.4) is 0 Å². The largest absolute Gasteiger partial charge is 0.380 e. The molecule has 0 amide bonds. The topological polar surface area (TPSA) is 12.0 Å². The Morgan fingerprint density at radius 3 is 2.31 bits per heavy atom. The lowest BCUT2D eigenvalue weighted by Crippen LogP contribution is -2.05. The standard InChI is InChI=1S/C12H16BrF2N/c1-2-3-4-5-6-16-12-10(14)7-9(13)8-11(12)15/h7-8,16H,2-6H2,1H3. The molecular weight excluding hydrogens is 276 g/mol. The van der Waals surface area contributed by atoms with Crippen molar-refractivity contribution < 1.29 is 8.78 Å². The van der Waals surface area contributed by atoms with Crippen LogP contribution < -0.4 is 5.32 Å². The van der Waals surface area contributed by atoms with Crippen molar-refractivity contribution >= 4 is 21.6 Å². The average molecular weight is 292 g/mol. The highest BCUT2D eigenvalue weighted by atomic mass is 79.9. The number of anilines is 1. The van der Waals surface area contributed by atoms with Crippen LogP contribution in [-0.2, 0) is 0 Å². The molecule has 0 heterocycles. The van der Waals surface area contributed by atoms with E-state index in [0.29, 0.717) is 11.0 Å². The highest BCUT2D eigenvalue weighted by molar-refractivity contribution is 9.10. The van der Waals surface area contributed by atoms with Crippen LogP contribution in [-0.4, -0.2) is 6.54 Å². The molecule has 0 aliphatic rings. The molecule has 4 heteroatoms. The highest BCUT2D eigenvalue weighted by Gasteiger charge is 2.09. The lowest BCUT2D eigenvalue weighted by molar-refractivity contribution is 0.584. The molecule has 0 saturated heterocycles. The molecule has 0 atom stereocenters. The van der Waals surface area contributed by atoms with E-state index in [4.69, 9.17) is 0 Å². The molecule has 0 spiro atoms. The van der Waals surface area contributed by atoms with Gasteiger partial charge in [-0.05, 0) is 18.6 Å². The number of nitrogens with one attached hydrogen (secondary N) is 1. The van der Waals surface area contributed by atoms with E-state index in [2.05, 4.69) is 28.2 Å². The molecule has 0 unspecified atom stereocenters. The fourth-order valence-corrected chi connectivity index (χ4v) is 1.88. The van der Waals surface area contributed by atoms with Crippen molar-refractivity contribution in [2.75, 3.05) is 11.9 Å². The normalized spacial score (nSPS) is 10.5. The summed E-state index contributed by atoms with van der Waals surface area (Å²) in [6.07, 6.45) is 4.33. The van der Waals surface area contributed by atoms with Gasteiger partial charge in [0.15, 0.2) is 0 Å². The molecule has 1 rings (SSSR count). The smallest absolute Gasteiger partial charge is 0.150 e. The summed E-state index contributed by atoms with van der Waals surface area (Å²) in [6, 6.07) is 2.52. The molecule has 16 heavy (non-hydrogen) atoms. The first-order valence-electron chi connectivity index (χ1n) is 5.53. The predicted molar refractivity (Wildman–Crippen MR) is 66.7 cm³/mol. The van der Waals surface area contributed by atoms with Crippen LogP contribution in [0.4, 0.5) is 14.5 Å². The van der Waals surface area contributed by atoms with E-state index in [1.54, 1.807) is 0 Å². The molecule has 0 aliphatic heterocycles. The Labute approximate surface area is 103 Å². The Morgan fingerprint density at radius 2 is 1.75 bits per heavy atom. The minimum atomic E-state index is -0.553. The first kappa shape index (κ1) is 13.4. The zero-order valence-corrected chi connectivity index (χ0v) is 10.9. The molecule has 0 saturated carbocycles. The van der Waals surface area contributed by atoms with Crippen molar-refractivity contribution in [1.29, 1.82) is 0 Å².